The Kier molecular flexibility index (Phi) is 4.46. The molecule has 1 aromatic carbocycles. The lowest BCUT2D eigenvalue weighted by atomic mass is 10.1. The van der Waals surface area contributed by atoms with E-state index in [9.17, 15) is 5.11 Å². The first kappa shape index (κ1) is 16.1. The highest BCUT2D eigenvalue weighted by Gasteiger charge is 2.45. The highest BCUT2D eigenvalue weighted by molar-refractivity contribution is 7.99. The molecule has 23 heavy (non-hydrogen) atoms. The third kappa shape index (κ3) is 3.43. The second-order valence-electron chi connectivity index (χ2n) is 6.01. The fraction of sp³-hybridized carbons (Fsp3) is 0.412. The fourth-order valence-electron chi connectivity index (χ4n) is 2.49. The van der Waals surface area contributed by atoms with Gasteiger partial charge >= 0.3 is 0 Å². The Balaban J connectivity index is 2.02. The maximum absolute atomic E-state index is 9.28. The number of aliphatic hydroxyl groups excluding tert-OH is 1. The van der Waals surface area contributed by atoms with E-state index in [2.05, 4.69) is 16.6 Å². The first-order chi connectivity index (χ1) is 11.1. The molecule has 0 bridgehead atoms. The molecular formula is C17H22N4OS. The topological polar surface area (TPSA) is 84.1 Å². The van der Waals surface area contributed by atoms with Crippen molar-refractivity contribution in [1.29, 1.82) is 0 Å². The van der Waals surface area contributed by atoms with Crippen LogP contribution in [0, 0.1) is 0 Å². The third-order valence-electron chi connectivity index (χ3n) is 4.12. The minimum atomic E-state index is -0.0542. The number of rotatable bonds is 6. The summed E-state index contributed by atoms with van der Waals surface area (Å²) in [7, 11) is 0. The van der Waals surface area contributed by atoms with Gasteiger partial charge in [-0.3, -0.25) is 0 Å². The number of hydrogen-bond acceptors (Lipinski definition) is 6. The van der Waals surface area contributed by atoms with Crippen molar-refractivity contribution >= 4 is 23.3 Å². The van der Waals surface area contributed by atoms with E-state index in [1.807, 2.05) is 49.0 Å². The average molecular weight is 330 g/mol. The van der Waals surface area contributed by atoms with Crippen LogP contribution in [-0.2, 0) is 4.75 Å². The molecule has 4 N–H and O–H groups in total. The van der Waals surface area contributed by atoms with Gasteiger partial charge in [0.1, 0.15) is 5.82 Å². The van der Waals surface area contributed by atoms with Crippen molar-refractivity contribution in [3.63, 3.8) is 0 Å². The van der Waals surface area contributed by atoms with Gasteiger partial charge in [0, 0.05) is 23.4 Å². The lowest BCUT2D eigenvalue weighted by Gasteiger charge is -2.17. The number of nitrogens with one attached hydrogen (secondary N) is 1. The van der Waals surface area contributed by atoms with Crippen molar-refractivity contribution in [2.24, 2.45) is 0 Å². The van der Waals surface area contributed by atoms with Gasteiger partial charge in [-0.15, -0.1) is 0 Å². The van der Waals surface area contributed by atoms with E-state index in [1.165, 1.54) is 0 Å². The number of aromatic nitrogens is 2. The molecule has 1 aliphatic rings. The Morgan fingerprint density at radius 2 is 2.00 bits per heavy atom. The van der Waals surface area contributed by atoms with Crippen molar-refractivity contribution in [2.45, 2.75) is 30.6 Å². The number of thioether (sulfide) groups is 1. The summed E-state index contributed by atoms with van der Waals surface area (Å²) in [6, 6.07) is 9.54. The lowest BCUT2D eigenvalue weighted by molar-refractivity contribution is 0.281. The minimum Gasteiger partial charge on any atom is -0.399 e. The summed E-state index contributed by atoms with van der Waals surface area (Å²) in [5, 5.41) is 12.5. The van der Waals surface area contributed by atoms with Crippen LogP contribution in [0.15, 0.2) is 30.3 Å². The Morgan fingerprint density at radius 1 is 1.30 bits per heavy atom. The molecule has 3 rings (SSSR count). The van der Waals surface area contributed by atoms with E-state index < -0.39 is 0 Å². The van der Waals surface area contributed by atoms with Crippen molar-refractivity contribution in [1.82, 2.24) is 9.97 Å². The molecule has 0 saturated heterocycles. The van der Waals surface area contributed by atoms with E-state index >= 15 is 0 Å². The van der Waals surface area contributed by atoms with Gasteiger partial charge in [-0.2, -0.15) is 11.8 Å². The van der Waals surface area contributed by atoms with E-state index in [-0.39, 0.29) is 17.4 Å². The summed E-state index contributed by atoms with van der Waals surface area (Å²) in [5.74, 6) is 1.44. The Labute approximate surface area is 140 Å². The molecular weight excluding hydrogens is 308 g/mol. The Hall–Kier alpha value is -1.79. The van der Waals surface area contributed by atoms with E-state index in [0.29, 0.717) is 5.82 Å². The summed E-state index contributed by atoms with van der Waals surface area (Å²) >= 11 is 1.84. The molecule has 1 fully saturated rings. The molecule has 1 aromatic heterocycles. The maximum atomic E-state index is 9.28. The summed E-state index contributed by atoms with van der Waals surface area (Å²) in [4.78, 5) is 9.41. The van der Waals surface area contributed by atoms with Crippen LogP contribution in [0.3, 0.4) is 0 Å². The quantitative estimate of drug-likeness (QED) is 0.706. The first-order valence-electron chi connectivity index (χ1n) is 7.74. The predicted molar refractivity (Wildman–Crippen MR) is 96.5 cm³/mol. The zero-order valence-electron chi connectivity index (χ0n) is 13.4. The zero-order valence-corrected chi connectivity index (χ0v) is 14.2. The summed E-state index contributed by atoms with van der Waals surface area (Å²) in [6.07, 6.45) is 4.41. The zero-order chi connectivity index (χ0) is 16.4. The van der Waals surface area contributed by atoms with Gasteiger partial charge in [-0.25, -0.2) is 9.97 Å². The lowest BCUT2D eigenvalue weighted by Crippen LogP contribution is -2.21. The normalized spacial score (nSPS) is 16.8. The van der Waals surface area contributed by atoms with Crippen LogP contribution in [0.25, 0.3) is 11.4 Å². The number of benzene rings is 1. The summed E-state index contributed by atoms with van der Waals surface area (Å²) in [5.41, 5.74) is 8.48. The number of nitrogen functional groups attached to an aromatic ring is 1. The molecule has 0 spiro atoms. The van der Waals surface area contributed by atoms with Gasteiger partial charge in [0.05, 0.1) is 17.0 Å². The minimum absolute atomic E-state index is 0.0542. The van der Waals surface area contributed by atoms with Crippen LogP contribution >= 0.6 is 11.8 Å². The van der Waals surface area contributed by atoms with Crippen LogP contribution in [0.5, 0.6) is 0 Å². The Bertz CT molecular complexity index is 685. The molecule has 0 unspecified atom stereocenters. The highest BCUT2D eigenvalue weighted by atomic mass is 32.2. The van der Waals surface area contributed by atoms with Crippen LogP contribution in [0.1, 0.15) is 25.5 Å². The predicted octanol–water partition coefficient (Wildman–Crippen LogP) is 2.87. The smallest absolute Gasteiger partial charge is 0.161 e. The molecule has 0 aliphatic heterocycles. The SMILES string of the molecule is CSC1(c2cc(N[C@@H](C)CO)nc(-c3ccc(N)cc3)n2)CC1. The van der Waals surface area contributed by atoms with Crippen LogP contribution < -0.4 is 11.1 Å². The largest absolute Gasteiger partial charge is 0.399 e. The fourth-order valence-corrected chi connectivity index (χ4v) is 3.32. The van der Waals surface area contributed by atoms with E-state index in [1.54, 1.807) is 0 Å². The second kappa shape index (κ2) is 6.37. The van der Waals surface area contributed by atoms with Crippen molar-refractivity contribution in [3.05, 3.63) is 36.0 Å². The van der Waals surface area contributed by atoms with Gasteiger partial charge < -0.3 is 16.2 Å². The van der Waals surface area contributed by atoms with Crippen LogP contribution in [-0.4, -0.2) is 34.0 Å². The maximum Gasteiger partial charge on any atom is 0.161 e. The van der Waals surface area contributed by atoms with Crippen LogP contribution in [0.2, 0.25) is 0 Å². The highest BCUT2D eigenvalue weighted by Crippen LogP contribution is 2.55. The molecule has 1 heterocycles. The monoisotopic (exact) mass is 330 g/mol. The van der Waals surface area contributed by atoms with Crippen molar-refractivity contribution in [3.8, 4) is 11.4 Å². The number of nitrogens with two attached hydrogens (primary N) is 1. The van der Waals surface area contributed by atoms with Crippen molar-refractivity contribution < 1.29 is 5.11 Å². The number of aliphatic hydroxyl groups is 1. The second-order valence-corrected chi connectivity index (χ2v) is 7.20. The van der Waals surface area contributed by atoms with Gasteiger partial charge in [0.15, 0.2) is 5.82 Å². The molecule has 1 aliphatic carbocycles. The van der Waals surface area contributed by atoms with Crippen LogP contribution in [0.4, 0.5) is 11.5 Å². The van der Waals surface area contributed by atoms with Gasteiger partial charge in [-0.05, 0) is 50.3 Å². The Morgan fingerprint density at radius 3 is 2.57 bits per heavy atom. The molecule has 5 nitrogen and oxygen atoms in total. The number of hydrogen-bond donors (Lipinski definition) is 3. The molecule has 0 radical (unpaired) electrons. The molecule has 1 saturated carbocycles. The van der Waals surface area contributed by atoms with E-state index in [4.69, 9.17) is 10.7 Å². The standard InChI is InChI=1S/C17H22N4OS/c1-11(10-22)19-15-9-14(17(23-2)7-8-17)20-16(21-15)12-3-5-13(18)6-4-12/h3-6,9,11,22H,7-8,10,18H2,1-2H3,(H,19,20,21)/t11-/m0/s1. The van der Waals surface area contributed by atoms with Crippen molar-refractivity contribution in [2.75, 3.05) is 23.9 Å². The van der Waals surface area contributed by atoms with Gasteiger partial charge in [0.2, 0.25) is 0 Å². The molecule has 6 heteroatoms. The average Bonchev–Trinajstić information content (AvgIpc) is 3.36. The number of nitrogens with zero attached hydrogens (tertiary/aromatic N) is 2. The third-order valence-corrected chi connectivity index (χ3v) is 5.52. The molecule has 1 atom stereocenters. The first-order valence-corrected chi connectivity index (χ1v) is 8.97. The molecule has 2 aromatic rings. The van der Waals surface area contributed by atoms with Gasteiger partial charge in [-0.1, -0.05) is 0 Å². The van der Waals surface area contributed by atoms with Gasteiger partial charge in [0.25, 0.3) is 0 Å². The molecule has 122 valence electrons. The summed E-state index contributed by atoms with van der Waals surface area (Å²) < 4.78 is 0.115. The molecule has 0 amide bonds. The summed E-state index contributed by atoms with van der Waals surface area (Å²) in [6.45, 7) is 1.98. The van der Waals surface area contributed by atoms with E-state index in [0.717, 1.165) is 35.6 Å². The number of anilines is 2.